The second-order valence-electron chi connectivity index (χ2n) is 5.53. The lowest BCUT2D eigenvalue weighted by molar-refractivity contribution is -0.122. The Morgan fingerprint density at radius 3 is 2.55 bits per heavy atom. The summed E-state index contributed by atoms with van der Waals surface area (Å²) in [7, 11) is 0. The number of carbonyl (C=O) groups is 1. The van der Waals surface area contributed by atoms with E-state index in [1.54, 1.807) is 12.1 Å². The molecule has 1 aliphatic heterocycles. The minimum absolute atomic E-state index is 0.185. The minimum Gasteiger partial charge on any atom is -0.508 e. The number of hydrogen-bond acceptors (Lipinski definition) is 3. The van der Waals surface area contributed by atoms with Crippen LogP contribution >= 0.6 is 0 Å². The standard InChI is InChI=1S/C16H24N2O2/c1-2-3-16(20)17-14-8-10-18(11-9-14)12-13-4-6-15(19)7-5-13/h4-7,14,19H,2-3,8-12H2,1H3,(H,17,20). The molecule has 2 N–H and O–H groups in total. The number of likely N-dealkylation sites (tertiary alicyclic amines) is 1. The van der Waals surface area contributed by atoms with E-state index in [2.05, 4.69) is 10.2 Å². The van der Waals surface area contributed by atoms with Gasteiger partial charge in [-0.2, -0.15) is 0 Å². The first-order valence-corrected chi connectivity index (χ1v) is 7.47. The summed E-state index contributed by atoms with van der Waals surface area (Å²) in [6, 6.07) is 7.72. The third-order valence-electron chi connectivity index (χ3n) is 3.77. The molecule has 110 valence electrons. The van der Waals surface area contributed by atoms with Crippen molar-refractivity contribution in [1.29, 1.82) is 0 Å². The summed E-state index contributed by atoms with van der Waals surface area (Å²) in [5, 5.41) is 12.4. The highest BCUT2D eigenvalue weighted by molar-refractivity contribution is 5.76. The lowest BCUT2D eigenvalue weighted by Crippen LogP contribution is -2.44. The molecule has 4 heteroatoms. The van der Waals surface area contributed by atoms with Crippen molar-refractivity contribution in [3.05, 3.63) is 29.8 Å². The molecule has 1 aromatic rings. The molecule has 0 atom stereocenters. The molecule has 0 aliphatic carbocycles. The van der Waals surface area contributed by atoms with Crippen molar-refractivity contribution >= 4 is 5.91 Å². The smallest absolute Gasteiger partial charge is 0.220 e. The fourth-order valence-corrected chi connectivity index (χ4v) is 2.62. The van der Waals surface area contributed by atoms with Gasteiger partial charge < -0.3 is 10.4 Å². The maximum Gasteiger partial charge on any atom is 0.220 e. The number of hydrogen-bond donors (Lipinski definition) is 2. The van der Waals surface area contributed by atoms with Crippen LogP contribution in [0.5, 0.6) is 5.75 Å². The molecule has 1 aliphatic rings. The summed E-state index contributed by atoms with van der Waals surface area (Å²) in [5.74, 6) is 0.496. The molecule has 1 fully saturated rings. The number of amides is 1. The molecule has 0 spiro atoms. The van der Waals surface area contributed by atoms with Gasteiger partial charge in [0, 0.05) is 32.1 Å². The Balaban J connectivity index is 1.74. The van der Waals surface area contributed by atoms with Crippen LogP contribution in [0.3, 0.4) is 0 Å². The Hall–Kier alpha value is -1.55. The molecule has 1 amide bonds. The molecule has 1 heterocycles. The molecule has 0 radical (unpaired) electrons. The number of carbonyl (C=O) groups excluding carboxylic acids is 1. The van der Waals surface area contributed by atoms with Crippen molar-refractivity contribution in [3.63, 3.8) is 0 Å². The molecule has 4 nitrogen and oxygen atoms in total. The number of rotatable bonds is 5. The Bertz CT molecular complexity index is 423. The highest BCUT2D eigenvalue weighted by atomic mass is 16.3. The van der Waals surface area contributed by atoms with Crippen molar-refractivity contribution in [3.8, 4) is 5.75 Å². The maximum atomic E-state index is 11.6. The Kier molecular flexibility index (Phi) is 5.41. The van der Waals surface area contributed by atoms with Crippen LogP contribution in [0.15, 0.2) is 24.3 Å². The summed E-state index contributed by atoms with van der Waals surface area (Å²) in [5.41, 5.74) is 1.22. The number of phenolic OH excluding ortho intramolecular Hbond substituents is 1. The number of nitrogens with one attached hydrogen (secondary N) is 1. The van der Waals surface area contributed by atoms with E-state index in [9.17, 15) is 9.90 Å². The van der Waals surface area contributed by atoms with Gasteiger partial charge >= 0.3 is 0 Å². The first-order chi connectivity index (χ1) is 9.67. The Morgan fingerprint density at radius 2 is 1.95 bits per heavy atom. The predicted molar refractivity (Wildman–Crippen MR) is 79.5 cm³/mol. The van der Waals surface area contributed by atoms with E-state index in [4.69, 9.17) is 0 Å². The quantitative estimate of drug-likeness (QED) is 0.867. The third kappa shape index (κ3) is 4.53. The SMILES string of the molecule is CCCC(=O)NC1CCN(Cc2ccc(O)cc2)CC1. The van der Waals surface area contributed by atoms with E-state index in [0.717, 1.165) is 38.9 Å². The highest BCUT2D eigenvalue weighted by Crippen LogP contribution is 2.16. The molecule has 0 unspecified atom stereocenters. The van der Waals surface area contributed by atoms with Gasteiger partial charge in [-0.1, -0.05) is 19.1 Å². The fourth-order valence-electron chi connectivity index (χ4n) is 2.62. The number of aromatic hydroxyl groups is 1. The van der Waals surface area contributed by atoms with Crippen LogP contribution in [0.25, 0.3) is 0 Å². The van der Waals surface area contributed by atoms with Gasteiger partial charge in [-0.25, -0.2) is 0 Å². The molecule has 1 aromatic carbocycles. The maximum absolute atomic E-state index is 11.6. The number of phenols is 1. The van der Waals surface area contributed by atoms with Crippen LogP contribution in [-0.2, 0) is 11.3 Å². The summed E-state index contributed by atoms with van der Waals surface area (Å²) in [6.45, 7) is 4.96. The second-order valence-corrected chi connectivity index (χ2v) is 5.53. The zero-order valence-corrected chi connectivity index (χ0v) is 12.1. The van der Waals surface area contributed by atoms with Gasteiger partial charge in [0.2, 0.25) is 5.91 Å². The normalized spacial score (nSPS) is 17.1. The van der Waals surface area contributed by atoms with Crippen LogP contribution in [-0.4, -0.2) is 35.0 Å². The van der Waals surface area contributed by atoms with Gasteiger partial charge in [0.05, 0.1) is 0 Å². The van der Waals surface area contributed by atoms with Crippen LogP contribution in [0, 0.1) is 0 Å². The molecule has 0 bridgehead atoms. The van der Waals surface area contributed by atoms with Gasteiger partial charge in [-0.15, -0.1) is 0 Å². The van der Waals surface area contributed by atoms with Crippen LogP contribution in [0.2, 0.25) is 0 Å². The molecule has 2 rings (SSSR count). The molecule has 0 saturated carbocycles. The van der Waals surface area contributed by atoms with Gasteiger partial charge in [-0.05, 0) is 37.0 Å². The van der Waals surface area contributed by atoms with E-state index in [0.29, 0.717) is 18.2 Å². The monoisotopic (exact) mass is 276 g/mol. The summed E-state index contributed by atoms with van der Waals surface area (Å²) >= 11 is 0. The molecule has 0 aromatic heterocycles. The van der Waals surface area contributed by atoms with Crippen LogP contribution in [0.4, 0.5) is 0 Å². The summed E-state index contributed by atoms with van der Waals surface area (Å²) in [4.78, 5) is 14.0. The van der Waals surface area contributed by atoms with E-state index in [1.807, 2.05) is 19.1 Å². The second kappa shape index (κ2) is 7.29. The minimum atomic E-state index is 0.185. The van der Waals surface area contributed by atoms with Crippen molar-refractivity contribution in [2.45, 2.75) is 45.2 Å². The van der Waals surface area contributed by atoms with Crippen molar-refractivity contribution in [2.24, 2.45) is 0 Å². The highest BCUT2D eigenvalue weighted by Gasteiger charge is 2.20. The van der Waals surface area contributed by atoms with E-state index in [-0.39, 0.29) is 5.91 Å². The van der Waals surface area contributed by atoms with Crippen molar-refractivity contribution in [1.82, 2.24) is 10.2 Å². The number of piperidine rings is 1. The number of benzene rings is 1. The summed E-state index contributed by atoms with van der Waals surface area (Å²) in [6.07, 6.45) is 3.58. The van der Waals surface area contributed by atoms with Gasteiger partial charge in [-0.3, -0.25) is 9.69 Å². The summed E-state index contributed by atoms with van der Waals surface area (Å²) < 4.78 is 0. The van der Waals surface area contributed by atoms with Gasteiger partial charge in [0.15, 0.2) is 0 Å². The van der Waals surface area contributed by atoms with Crippen LogP contribution < -0.4 is 5.32 Å². The average molecular weight is 276 g/mol. The van der Waals surface area contributed by atoms with Crippen molar-refractivity contribution in [2.75, 3.05) is 13.1 Å². The lowest BCUT2D eigenvalue weighted by atomic mass is 10.0. The molecular weight excluding hydrogens is 252 g/mol. The van der Waals surface area contributed by atoms with E-state index < -0.39 is 0 Å². The van der Waals surface area contributed by atoms with Gasteiger partial charge in [0.1, 0.15) is 5.75 Å². The Labute approximate surface area is 120 Å². The Morgan fingerprint density at radius 1 is 1.30 bits per heavy atom. The first-order valence-electron chi connectivity index (χ1n) is 7.47. The van der Waals surface area contributed by atoms with E-state index >= 15 is 0 Å². The van der Waals surface area contributed by atoms with E-state index in [1.165, 1.54) is 5.56 Å². The predicted octanol–water partition coefficient (Wildman–Crippen LogP) is 2.27. The third-order valence-corrected chi connectivity index (χ3v) is 3.77. The topological polar surface area (TPSA) is 52.6 Å². The zero-order chi connectivity index (χ0) is 14.4. The largest absolute Gasteiger partial charge is 0.508 e. The van der Waals surface area contributed by atoms with Crippen LogP contribution in [0.1, 0.15) is 38.2 Å². The zero-order valence-electron chi connectivity index (χ0n) is 12.1. The molecular formula is C16H24N2O2. The van der Waals surface area contributed by atoms with Crippen molar-refractivity contribution < 1.29 is 9.90 Å². The molecule has 1 saturated heterocycles. The van der Waals surface area contributed by atoms with Gasteiger partial charge in [0.25, 0.3) is 0 Å². The fraction of sp³-hybridized carbons (Fsp3) is 0.562. The first kappa shape index (κ1) is 14.9. The number of nitrogens with zero attached hydrogens (tertiary/aromatic N) is 1. The molecule has 20 heavy (non-hydrogen) atoms. The average Bonchev–Trinajstić information content (AvgIpc) is 2.44. The lowest BCUT2D eigenvalue weighted by Gasteiger charge is -2.32.